The van der Waals surface area contributed by atoms with E-state index in [0.717, 1.165) is 0 Å². The van der Waals surface area contributed by atoms with Crippen LogP contribution in [0.25, 0.3) is 0 Å². The minimum atomic E-state index is -0.729. The maximum atomic E-state index is 12.0. The van der Waals surface area contributed by atoms with Gasteiger partial charge < -0.3 is 14.8 Å². The summed E-state index contributed by atoms with van der Waals surface area (Å²) in [6.07, 6.45) is 0. The summed E-state index contributed by atoms with van der Waals surface area (Å²) in [5.41, 5.74) is 0.711. The summed E-state index contributed by atoms with van der Waals surface area (Å²) >= 11 is 0. The Morgan fingerprint density at radius 2 is 1.67 bits per heavy atom. The first-order chi connectivity index (χ1) is 10.2. The highest BCUT2D eigenvalue weighted by Crippen LogP contribution is 2.28. The summed E-state index contributed by atoms with van der Waals surface area (Å²) in [6.45, 7) is 0. The van der Waals surface area contributed by atoms with Crippen LogP contribution in [0, 0.1) is 0 Å². The van der Waals surface area contributed by atoms with Crippen LogP contribution in [0.4, 0.5) is 5.69 Å². The van der Waals surface area contributed by atoms with Crippen molar-refractivity contribution in [2.75, 3.05) is 19.5 Å². The maximum Gasteiger partial charge on any atom is 0.296 e. The molecule has 0 radical (unpaired) electrons. The number of carbonyl (C=O) groups excluding carboxylic acids is 2. The van der Waals surface area contributed by atoms with Crippen molar-refractivity contribution in [1.29, 1.82) is 0 Å². The molecule has 2 aromatic rings. The van der Waals surface area contributed by atoms with Gasteiger partial charge >= 0.3 is 0 Å². The summed E-state index contributed by atoms with van der Waals surface area (Å²) in [5.74, 6) is -0.337. The predicted octanol–water partition coefficient (Wildman–Crippen LogP) is 2.53. The number of carbonyl (C=O) groups is 2. The monoisotopic (exact) mass is 285 g/mol. The molecule has 21 heavy (non-hydrogen) atoms. The number of rotatable bonds is 5. The average molecular weight is 285 g/mol. The lowest BCUT2D eigenvalue weighted by molar-refractivity contribution is -0.112. The van der Waals surface area contributed by atoms with Crippen molar-refractivity contribution in [1.82, 2.24) is 0 Å². The van der Waals surface area contributed by atoms with Gasteiger partial charge in [0.2, 0.25) is 0 Å². The summed E-state index contributed by atoms with van der Waals surface area (Å²) in [5, 5.41) is 2.54. The summed E-state index contributed by atoms with van der Waals surface area (Å²) < 4.78 is 10.2. The highest BCUT2D eigenvalue weighted by atomic mass is 16.5. The molecule has 0 heterocycles. The Labute approximate surface area is 122 Å². The summed E-state index contributed by atoms with van der Waals surface area (Å²) in [4.78, 5) is 24.0. The number of methoxy groups -OCH3 is 2. The zero-order valence-corrected chi connectivity index (χ0v) is 11.8. The van der Waals surface area contributed by atoms with E-state index in [9.17, 15) is 9.59 Å². The maximum absolute atomic E-state index is 12.0. The van der Waals surface area contributed by atoms with Gasteiger partial charge in [-0.2, -0.15) is 0 Å². The minimum absolute atomic E-state index is 0.330. The molecule has 5 heteroatoms. The lowest BCUT2D eigenvalue weighted by Crippen LogP contribution is -2.23. The van der Waals surface area contributed by atoms with E-state index in [-0.39, 0.29) is 0 Å². The third kappa shape index (κ3) is 3.39. The number of anilines is 1. The first-order valence-electron chi connectivity index (χ1n) is 6.28. The standard InChI is InChI=1S/C16H15NO4/c1-20-12-8-9-14(21-2)13(10-12)17-16(19)15(18)11-6-4-3-5-7-11/h3-10H,1-2H3,(H,17,19). The quantitative estimate of drug-likeness (QED) is 0.677. The second kappa shape index (κ2) is 6.56. The molecule has 5 nitrogen and oxygen atoms in total. The molecule has 0 aliphatic rings. The Balaban J connectivity index is 2.21. The van der Waals surface area contributed by atoms with Gasteiger partial charge in [-0.3, -0.25) is 9.59 Å². The zero-order valence-electron chi connectivity index (χ0n) is 11.8. The highest BCUT2D eigenvalue weighted by Gasteiger charge is 2.18. The van der Waals surface area contributed by atoms with Gasteiger partial charge in [0.15, 0.2) is 0 Å². The number of benzene rings is 2. The third-order valence-corrected chi connectivity index (χ3v) is 2.90. The molecule has 0 unspecified atom stereocenters. The first-order valence-corrected chi connectivity index (χ1v) is 6.28. The van der Waals surface area contributed by atoms with E-state index in [2.05, 4.69) is 5.32 Å². The van der Waals surface area contributed by atoms with Gasteiger partial charge in [-0.25, -0.2) is 0 Å². The van der Waals surface area contributed by atoms with Crippen molar-refractivity contribution in [3.05, 3.63) is 54.1 Å². The molecule has 0 aliphatic carbocycles. The van der Waals surface area contributed by atoms with Crippen LogP contribution in [-0.4, -0.2) is 25.9 Å². The van der Waals surface area contributed by atoms with Crippen molar-refractivity contribution >= 4 is 17.4 Å². The van der Waals surface area contributed by atoms with Gasteiger partial charge in [0, 0.05) is 11.6 Å². The SMILES string of the molecule is COc1ccc(OC)c(NC(=O)C(=O)c2ccccc2)c1. The van der Waals surface area contributed by atoms with E-state index >= 15 is 0 Å². The molecule has 2 aromatic carbocycles. The van der Waals surface area contributed by atoms with Gasteiger partial charge in [0.05, 0.1) is 19.9 Å². The number of Topliss-reactive ketones (excluding diaryl/α,β-unsaturated/α-hetero) is 1. The largest absolute Gasteiger partial charge is 0.497 e. The lowest BCUT2D eigenvalue weighted by Gasteiger charge is -2.11. The third-order valence-electron chi connectivity index (χ3n) is 2.90. The van der Waals surface area contributed by atoms with Crippen LogP contribution in [-0.2, 0) is 4.79 Å². The minimum Gasteiger partial charge on any atom is -0.497 e. The average Bonchev–Trinajstić information content (AvgIpc) is 2.54. The molecule has 0 saturated heterocycles. The van der Waals surface area contributed by atoms with Crippen molar-refractivity contribution in [3.8, 4) is 11.5 Å². The van der Waals surface area contributed by atoms with Crippen LogP contribution in [0.5, 0.6) is 11.5 Å². The molecule has 1 N–H and O–H groups in total. The van der Waals surface area contributed by atoms with E-state index < -0.39 is 11.7 Å². The fraction of sp³-hybridized carbons (Fsp3) is 0.125. The Hall–Kier alpha value is -2.82. The topological polar surface area (TPSA) is 64.6 Å². The lowest BCUT2D eigenvalue weighted by atomic mass is 10.1. The Morgan fingerprint density at radius 1 is 0.952 bits per heavy atom. The zero-order chi connectivity index (χ0) is 15.2. The van der Waals surface area contributed by atoms with Crippen molar-refractivity contribution in [2.45, 2.75) is 0 Å². The van der Waals surface area contributed by atoms with Crippen LogP contribution >= 0.6 is 0 Å². The van der Waals surface area contributed by atoms with E-state index in [1.807, 2.05) is 0 Å². The van der Waals surface area contributed by atoms with Crippen LogP contribution in [0.3, 0.4) is 0 Å². The molecular weight excluding hydrogens is 270 g/mol. The van der Waals surface area contributed by atoms with Gasteiger partial charge in [0.1, 0.15) is 11.5 Å². The first kappa shape index (κ1) is 14.6. The molecule has 2 rings (SSSR count). The molecular formula is C16H15NO4. The van der Waals surface area contributed by atoms with Crippen LogP contribution < -0.4 is 14.8 Å². The van der Waals surface area contributed by atoms with Crippen molar-refractivity contribution in [2.24, 2.45) is 0 Å². The molecule has 0 spiro atoms. The van der Waals surface area contributed by atoms with E-state index in [0.29, 0.717) is 22.7 Å². The molecule has 0 saturated carbocycles. The Morgan fingerprint density at radius 3 is 2.29 bits per heavy atom. The van der Waals surface area contributed by atoms with E-state index in [1.165, 1.54) is 14.2 Å². The number of ketones is 1. The number of ether oxygens (including phenoxy) is 2. The van der Waals surface area contributed by atoms with Crippen LogP contribution in [0.2, 0.25) is 0 Å². The number of nitrogens with one attached hydrogen (secondary N) is 1. The predicted molar refractivity (Wildman–Crippen MR) is 78.9 cm³/mol. The second-order valence-corrected chi connectivity index (χ2v) is 4.22. The van der Waals surface area contributed by atoms with Crippen molar-refractivity contribution in [3.63, 3.8) is 0 Å². The molecule has 0 fully saturated rings. The molecule has 0 bridgehead atoms. The number of hydrogen-bond acceptors (Lipinski definition) is 4. The summed E-state index contributed by atoms with van der Waals surface area (Å²) in [6, 6.07) is 13.3. The highest BCUT2D eigenvalue weighted by molar-refractivity contribution is 6.46. The molecule has 0 aliphatic heterocycles. The van der Waals surface area contributed by atoms with Crippen LogP contribution in [0.15, 0.2) is 48.5 Å². The normalized spacial score (nSPS) is 9.81. The Bertz CT molecular complexity index is 653. The molecule has 108 valence electrons. The molecule has 1 amide bonds. The Kier molecular flexibility index (Phi) is 4.56. The van der Waals surface area contributed by atoms with Gasteiger partial charge in [-0.1, -0.05) is 30.3 Å². The smallest absolute Gasteiger partial charge is 0.296 e. The van der Waals surface area contributed by atoms with Gasteiger partial charge in [0.25, 0.3) is 11.7 Å². The fourth-order valence-electron chi connectivity index (χ4n) is 1.81. The second-order valence-electron chi connectivity index (χ2n) is 4.22. The van der Waals surface area contributed by atoms with Crippen molar-refractivity contribution < 1.29 is 19.1 Å². The molecule has 0 atom stereocenters. The van der Waals surface area contributed by atoms with Gasteiger partial charge in [-0.15, -0.1) is 0 Å². The van der Waals surface area contributed by atoms with Crippen LogP contribution in [0.1, 0.15) is 10.4 Å². The summed E-state index contributed by atoms with van der Waals surface area (Å²) in [7, 11) is 3.00. The number of hydrogen-bond donors (Lipinski definition) is 1. The van der Waals surface area contributed by atoms with Gasteiger partial charge in [-0.05, 0) is 12.1 Å². The fourth-order valence-corrected chi connectivity index (χ4v) is 1.81. The number of amides is 1. The molecule has 0 aromatic heterocycles. The van der Waals surface area contributed by atoms with E-state index in [1.54, 1.807) is 48.5 Å². The van der Waals surface area contributed by atoms with E-state index in [4.69, 9.17) is 9.47 Å².